The van der Waals surface area contributed by atoms with E-state index in [1.165, 1.54) is 19.3 Å². The molecule has 0 amide bonds. The van der Waals surface area contributed by atoms with Crippen LogP contribution in [0.25, 0.3) is 27.8 Å². The molecule has 0 saturated heterocycles. The van der Waals surface area contributed by atoms with Gasteiger partial charge in [0.2, 0.25) is 0 Å². The van der Waals surface area contributed by atoms with Gasteiger partial charge >= 0.3 is 0 Å². The molecule has 2 aliphatic rings. The van der Waals surface area contributed by atoms with E-state index in [-0.39, 0.29) is 6.04 Å². The van der Waals surface area contributed by atoms with E-state index >= 15 is 0 Å². The summed E-state index contributed by atoms with van der Waals surface area (Å²) in [5.74, 6) is 3.46. The summed E-state index contributed by atoms with van der Waals surface area (Å²) in [5, 5.41) is 19.0. The van der Waals surface area contributed by atoms with Gasteiger partial charge in [-0.1, -0.05) is 6.92 Å². The number of nitrogens with zero attached hydrogens (tertiary/aromatic N) is 8. The summed E-state index contributed by atoms with van der Waals surface area (Å²) in [6, 6.07) is 0.638. The highest BCUT2D eigenvalue weighted by Gasteiger charge is 2.40. The third-order valence-electron chi connectivity index (χ3n) is 6.10. The minimum absolute atomic E-state index is 0.162. The average Bonchev–Trinajstić information content (AvgIpc) is 3.47. The van der Waals surface area contributed by atoms with Crippen LogP contribution in [0.15, 0.2) is 24.0 Å². The maximum atomic E-state index is 5.08. The summed E-state index contributed by atoms with van der Waals surface area (Å²) in [7, 11) is 0. The molecule has 0 unspecified atom stereocenters. The number of H-pyrrole nitrogens is 1. The summed E-state index contributed by atoms with van der Waals surface area (Å²) < 4.78 is 2.11. The molecule has 0 radical (unpaired) electrons. The predicted octanol–water partition coefficient (Wildman–Crippen LogP) is 3.70. The fourth-order valence-electron chi connectivity index (χ4n) is 4.45. The quantitative estimate of drug-likeness (QED) is 0.538. The topological polar surface area (TPSA) is 101 Å². The molecule has 0 aromatic carbocycles. The lowest BCUT2D eigenvalue weighted by atomic mass is 9.89. The molecule has 0 spiro atoms. The van der Waals surface area contributed by atoms with E-state index in [9.17, 15) is 0 Å². The van der Waals surface area contributed by atoms with Gasteiger partial charge < -0.3 is 4.90 Å². The monoisotopic (exact) mass is 419 g/mol. The fourth-order valence-corrected chi connectivity index (χ4v) is 5.09. The largest absolute Gasteiger partial charge is 0.342 e. The summed E-state index contributed by atoms with van der Waals surface area (Å²) >= 11 is 1.57. The second-order valence-corrected chi connectivity index (χ2v) is 8.65. The van der Waals surface area contributed by atoms with Crippen molar-refractivity contribution in [1.82, 2.24) is 39.9 Å². The molecule has 1 atom stereocenters. The van der Waals surface area contributed by atoms with Crippen LogP contribution in [0.1, 0.15) is 50.3 Å². The molecule has 1 fully saturated rings. The minimum Gasteiger partial charge on any atom is -0.342 e. The van der Waals surface area contributed by atoms with Gasteiger partial charge in [0.1, 0.15) is 22.2 Å². The molecule has 1 saturated carbocycles. The van der Waals surface area contributed by atoms with Gasteiger partial charge in [0, 0.05) is 17.6 Å². The van der Waals surface area contributed by atoms with Gasteiger partial charge in [0.25, 0.3) is 0 Å². The molecule has 0 bridgehead atoms. The molecule has 5 heterocycles. The van der Waals surface area contributed by atoms with Crippen molar-refractivity contribution in [3.63, 3.8) is 0 Å². The third kappa shape index (κ3) is 2.46. The highest BCUT2D eigenvalue weighted by molar-refractivity contribution is 7.13. The second kappa shape index (κ2) is 6.69. The highest BCUT2D eigenvalue weighted by atomic mass is 32.1. The maximum absolute atomic E-state index is 5.08. The van der Waals surface area contributed by atoms with Gasteiger partial charge in [-0.2, -0.15) is 5.10 Å². The van der Waals surface area contributed by atoms with E-state index in [2.05, 4.69) is 41.8 Å². The molecule has 1 aliphatic carbocycles. The van der Waals surface area contributed by atoms with E-state index in [1.54, 1.807) is 23.7 Å². The minimum atomic E-state index is 0.162. The van der Waals surface area contributed by atoms with Crippen LogP contribution in [-0.2, 0) is 0 Å². The van der Waals surface area contributed by atoms with Crippen LogP contribution in [0, 0.1) is 6.92 Å². The van der Waals surface area contributed by atoms with Crippen LogP contribution in [0.3, 0.4) is 0 Å². The number of aromatic amines is 1. The Balaban J connectivity index is 1.54. The summed E-state index contributed by atoms with van der Waals surface area (Å²) in [5.41, 5.74) is 2.66. The van der Waals surface area contributed by atoms with Crippen LogP contribution in [0.4, 0.5) is 5.82 Å². The average molecular weight is 420 g/mol. The first-order chi connectivity index (χ1) is 14.8. The molecule has 30 heavy (non-hydrogen) atoms. The Kier molecular flexibility index (Phi) is 3.95. The van der Waals surface area contributed by atoms with Crippen molar-refractivity contribution in [3.05, 3.63) is 35.6 Å². The first kappa shape index (κ1) is 17.7. The molecular weight excluding hydrogens is 398 g/mol. The molecule has 4 aromatic heterocycles. The van der Waals surface area contributed by atoms with Gasteiger partial charge in [-0.25, -0.2) is 15.0 Å². The summed E-state index contributed by atoms with van der Waals surface area (Å²) in [4.78, 5) is 16.7. The molecule has 1 N–H and O–H groups in total. The smallest absolute Gasteiger partial charge is 0.165 e. The van der Waals surface area contributed by atoms with E-state index in [1.807, 2.05) is 18.5 Å². The molecule has 1 aliphatic heterocycles. The SMILES string of the molecule is CC[C@@H]1c2nnc(C)n2-c2cnc(-c3cn[nH]c3-c3nccs3)nc2N1C1CCC1. The lowest BCUT2D eigenvalue weighted by Gasteiger charge is -2.45. The van der Waals surface area contributed by atoms with E-state index in [0.29, 0.717) is 11.9 Å². The zero-order valence-electron chi connectivity index (χ0n) is 16.8. The van der Waals surface area contributed by atoms with Gasteiger partial charge in [0.15, 0.2) is 17.5 Å². The number of hydrogen-bond donors (Lipinski definition) is 1. The molecule has 4 aromatic rings. The first-order valence-electron chi connectivity index (χ1n) is 10.3. The highest BCUT2D eigenvalue weighted by Crippen LogP contribution is 2.44. The number of hydrogen-bond acceptors (Lipinski definition) is 8. The predicted molar refractivity (Wildman–Crippen MR) is 114 cm³/mol. The first-order valence-corrected chi connectivity index (χ1v) is 11.2. The number of anilines is 1. The van der Waals surface area contributed by atoms with Crippen molar-refractivity contribution in [2.75, 3.05) is 4.90 Å². The van der Waals surface area contributed by atoms with Crippen molar-refractivity contribution >= 4 is 17.2 Å². The molecule has 10 heteroatoms. The van der Waals surface area contributed by atoms with Gasteiger partial charge in [-0.3, -0.25) is 9.67 Å². The van der Waals surface area contributed by atoms with Crippen molar-refractivity contribution < 1.29 is 0 Å². The Bertz CT molecular complexity index is 1210. The van der Waals surface area contributed by atoms with Crippen LogP contribution in [0.5, 0.6) is 0 Å². The molecular formula is C20H21N9S. The maximum Gasteiger partial charge on any atom is 0.165 e. The van der Waals surface area contributed by atoms with Crippen LogP contribution >= 0.6 is 11.3 Å². The number of rotatable bonds is 4. The second-order valence-electron chi connectivity index (χ2n) is 7.76. The van der Waals surface area contributed by atoms with Gasteiger partial charge in [0.05, 0.1) is 24.0 Å². The Hall–Kier alpha value is -3.14. The Morgan fingerprint density at radius 2 is 2.10 bits per heavy atom. The third-order valence-corrected chi connectivity index (χ3v) is 6.89. The van der Waals surface area contributed by atoms with Crippen LogP contribution in [0.2, 0.25) is 0 Å². The van der Waals surface area contributed by atoms with Crippen molar-refractivity contribution in [1.29, 1.82) is 0 Å². The van der Waals surface area contributed by atoms with E-state index < -0.39 is 0 Å². The van der Waals surface area contributed by atoms with Crippen LogP contribution in [-0.4, -0.2) is 46.0 Å². The van der Waals surface area contributed by atoms with Gasteiger partial charge in [-0.05, 0) is 32.6 Å². The van der Waals surface area contributed by atoms with E-state index in [0.717, 1.165) is 45.8 Å². The standard InChI is InChI=1S/C20H21N9S/c1-3-14-19-27-25-11(2)28(19)15-10-22-17(24-18(15)29(14)12-5-4-6-12)13-9-23-26-16(13)20-21-7-8-30-20/h7-10,12,14H,3-6H2,1-2H3,(H,23,26)/t14-/m1/s1. The number of nitrogens with one attached hydrogen (secondary N) is 1. The lowest BCUT2D eigenvalue weighted by Crippen LogP contribution is -2.46. The zero-order chi connectivity index (χ0) is 20.2. The van der Waals surface area contributed by atoms with Crippen molar-refractivity contribution in [3.8, 4) is 27.8 Å². The molecule has 152 valence electrons. The fraction of sp³-hybridized carbons (Fsp3) is 0.400. The van der Waals surface area contributed by atoms with Crippen LogP contribution < -0.4 is 4.90 Å². The van der Waals surface area contributed by atoms with E-state index in [4.69, 9.17) is 9.97 Å². The van der Waals surface area contributed by atoms with Crippen molar-refractivity contribution in [2.24, 2.45) is 0 Å². The number of thiazole rings is 1. The lowest BCUT2D eigenvalue weighted by molar-refractivity contribution is 0.341. The van der Waals surface area contributed by atoms with Gasteiger partial charge in [-0.15, -0.1) is 21.5 Å². The van der Waals surface area contributed by atoms with Crippen molar-refractivity contribution in [2.45, 2.75) is 51.6 Å². The number of aromatic nitrogens is 8. The molecule has 6 rings (SSSR count). The number of aryl methyl sites for hydroxylation is 1. The Labute approximate surface area is 177 Å². The zero-order valence-corrected chi connectivity index (χ0v) is 17.6. The Morgan fingerprint density at radius 1 is 1.20 bits per heavy atom. The summed E-state index contributed by atoms with van der Waals surface area (Å²) in [6.45, 7) is 4.19. The summed E-state index contributed by atoms with van der Waals surface area (Å²) in [6.07, 6.45) is 10.0. The molecule has 9 nitrogen and oxygen atoms in total. The number of fused-ring (bicyclic) bond motifs is 3. The Morgan fingerprint density at radius 3 is 2.83 bits per heavy atom. The normalized spacial score (nSPS) is 18.2.